The molecule has 15 heavy (non-hydrogen) atoms. The highest BCUT2D eigenvalue weighted by molar-refractivity contribution is 5.44. The molecule has 2 aliphatic rings. The van der Waals surface area contributed by atoms with Crippen LogP contribution in [0.2, 0.25) is 0 Å². The Morgan fingerprint density at radius 1 is 1.00 bits per heavy atom. The van der Waals surface area contributed by atoms with E-state index < -0.39 is 18.5 Å². The van der Waals surface area contributed by atoms with Crippen LogP contribution in [0.3, 0.4) is 0 Å². The maximum atomic E-state index is 13.5. The lowest BCUT2D eigenvalue weighted by molar-refractivity contribution is 0.234. The van der Waals surface area contributed by atoms with Crippen molar-refractivity contribution in [3.63, 3.8) is 0 Å². The van der Waals surface area contributed by atoms with Gasteiger partial charge in [0.2, 0.25) is 0 Å². The van der Waals surface area contributed by atoms with Crippen LogP contribution in [0.5, 0.6) is 0 Å². The largest absolute Gasteiger partial charge is 0.243 e. The molecule has 0 amide bonds. The predicted octanol–water partition coefficient (Wildman–Crippen LogP) is 3.38. The van der Waals surface area contributed by atoms with Gasteiger partial charge in [0.25, 0.3) is 0 Å². The Bertz CT molecular complexity index is 363. The summed E-state index contributed by atoms with van der Waals surface area (Å²) in [7, 11) is 0. The molecule has 0 aliphatic heterocycles. The van der Waals surface area contributed by atoms with Crippen LogP contribution in [0.25, 0.3) is 0 Å². The summed E-state index contributed by atoms with van der Waals surface area (Å²) in [5, 5.41) is 0. The Morgan fingerprint density at radius 3 is 2.47 bits per heavy atom. The van der Waals surface area contributed by atoms with Gasteiger partial charge in [-0.2, -0.15) is 0 Å². The lowest BCUT2D eigenvalue weighted by Gasteiger charge is -2.22. The Kier molecular flexibility index (Phi) is 2.80. The molecular weight excluding hydrogens is 201 g/mol. The average molecular weight is 212 g/mol. The number of halogens is 3. The molecule has 0 bridgehead atoms. The lowest BCUT2D eigenvalue weighted by atomic mass is 9.89. The third-order valence-corrected chi connectivity index (χ3v) is 2.55. The first kappa shape index (κ1) is 10.3. The highest BCUT2D eigenvalue weighted by atomic mass is 19.2. The van der Waals surface area contributed by atoms with Gasteiger partial charge in [0.15, 0.2) is 12.3 Å². The zero-order chi connectivity index (χ0) is 10.8. The predicted molar refractivity (Wildman–Crippen MR) is 53.8 cm³/mol. The van der Waals surface area contributed by atoms with Gasteiger partial charge >= 0.3 is 0 Å². The summed E-state index contributed by atoms with van der Waals surface area (Å²) < 4.78 is 39.5. The van der Waals surface area contributed by atoms with Crippen LogP contribution >= 0.6 is 0 Å². The quantitative estimate of drug-likeness (QED) is 0.625. The molecule has 0 radical (unpaired) electrons. The molecule has 0 heterocycles. The molecule has 0 aromatic heterocycles. The van der Waals surface area contributed by atoms with Crippen LogP contribution in [0, 0.1) is 0 Å². The van der Waals surface area contributed by atoms with Crippen LogP contribution in [0.4, 0.5) is 13.2 Å². The fourth-order valence-corrected chi connectivity index (χ4v) is 1.76. The summed E-state index contributed by atoms with van der Waals surface area (Å²) in [4.78, 5) is 0. The van der Waals surface area contributed by atoms with Crippen LogP contribution in [-0.2, 0) is 0 Å². The van der Waals surface area contributed by atoms with Crippen molar-refractivity contribution in [3.8, 4) is 0 Å². The van der Waals surface area contributed by atoms with Crippen LogP contribution in [-0.4, -0.2) is 18.5 Å². The summed E-state index contributed by atoms with van der Waals surface area (Å²) >= 11 is 0. The average Bonchev–Trinajstić information content (AvgIpc) is 2.22. The SMILES string of the molecule is FC1C=CC=C(C2=CC=CC(F)C2F)C1. The monoisotopic (exact) mass is 212 g/mol. The minimum atomic E-state index is -1.67. The first-order chi connectivity index (χ1) is 7.18. The molecule has 0 nitrogen and oxygen atoms in total. The van der Waals surface area contributed by atoms with Crippen LogP contribution in [0.1, 0.15) is 6.42 Å². The maximum absolute atomic E-state index is 13.5. The fraction of sp³-hybridized carbons (Fsp3) is 0.333. The number of allylic oxidation sites excluding steroid dienone is 8. The Labute approximate surface area is 86.5 Å². The van der Waals surface area contributed by atoms with Gasteiger partial charge in [-0.3, -0.25) is 0 Å². The van der Waals surface area contributed by atoms with Crippen LogP contribution < -0.4 is 0 Å². The molecule has 0 aromatic carbocycles. The summed E-state index contributed by atoms with van der Waals surface area (Å²) in [6.45, 7) is 0. The van der Waals surface area contributed by atoms with Crippen molar-refractivity contribution in [2.45, 2.75) is 24.9 Å². The van der Waals surface area contributed by atoms with Crippen molar-refractivity contribution in [2.75, 3.05) is 0 Å². The van der Waals surface area contributed by atoms with E-state index in [0.717, 1.165) is 0 Å². The molecule has 80 valence electrons. The summed E-state index contributed by atoms with van der Waals surface area (Å²) in [6.07, 6.45) is 4.49. The number of alkyl halides is 3. The normalized spacial score (nSPS) is 35.0. The molecule has 0 aromatic rings. The standard InChI is InChI=1S/C12H11F3/c13-9-4-1-3-8(7-9)10-5-2-6-11(14)12(10)15/h1-6,9,11-12H,7H2. The molecule has 3 atom stereocenters. The van der Waals surface area contributed by atoms with Crippen molar-refractivity contribution in [1.82, 2.24) is 0 Å². The zero-order valence-electron chi connectivity index (χ0n) is 8.04. The molecule has 3 heteroatoms. The smallest absolute Gasteiger partial charge is 0.160 e. The summed E-state index contributed by atoms with van der Waals surface area (Å²) in [5.74, 6) is 0. The van der Waals surface area contributed by atoms with Gasteiger partial charge in [-0.15, -0.1) is 0 Å². The van der Waals surface area contributed by atoms with Gasteiger partial charge in [-0.05, 0) is 17.2 Å². The van der Waals surface area contributed by atoms with E-state index in [1.807, 2.05) is 0 Å². The second-order valence-electron chi connectivity index (χ2n) is 3.65. The molecule has 0 saturated carbocycles. The highest BCUT2D eigenvalue weighted by Gasteiger charge is 2.27. The first-order valence-corrected chi connectivity index (χ1v) is 4.87. The van der Waals surface area contributed by atoms with Gasteiger partial charge in [0.1, 0.15) is 6.17 Å². The molecule has 2 aliphatic carbocycles. The lowest BCUT2D eigenvalue weighted by Crippen LogP contribution is -2.22. The van der Waals surface area contributed by atoms with Gasteiger partial charge in [-0.1, -0.05) is 30.4 Å². The minimum Gasteiger partial charge on any atom is -0.243 e. The molecular formula is C12H11F3. The Morgan fingerprint density at radius 2 is 1.73 bits per heavy atom. The van der Waals surface area contributed by atoms with Crippen LogP contribution in [0.15, 0.2) is 47.6 Å². The van der Waals surface area contributed by atoms with Gasteiger partial charge in [0.05, 0.1) is 0 Å². The van der Waals surface area contributed by atoms with E-state index in [2.05, 4.69) is 0 Å². The van der Waals surface area contributed by atoms with Crippen molar-refractivity contribution in [3.05, 3.63) is 47.6 Å². The fourth-order valence-electron chi connectivity index (χ4n) is 1.76. The zero-order valence-corrected chi connectivity index (χ0v) is 8.04. The van der Waals surface area contributed by atoms with E-state index in [4.69, 9.17) is 0 Å². The summed E-state index contributed by atoms with van der Waals surface area (Å²) in [6, 6.07) is 0. The Balaban J connectivity index is 2.24. The van der Waals surface area contributed by atoms with Gasteiger partial charge in [-0.25, -0.2) is 13.2 Å². The van der Waals surface area contributed by atoms with E-state index >= 15 is 0 Å². The van der Waals surface area contributed by atoms with Crippen molar-refractivity contribution in [1.29, 1.82) is 0 Å². The van der Waals surface area contributed by atoms with Crippen molar-refractivity contribution < 1.29 is 13.2 Å². The van der Waals surface area contributed by atoms with Crippen molar-refractivity contribution in [2.24, 2.45) is 0 Å². The molecule has 0 fully saturated rings. The molecule has 2 rings (SSSR count). The second kappa shape index (κ2) is 4.09. The van der Waals surface area contributed by atoms with Gasteiger partial charge < -0.3 is 0 Å². The summed E-state index contributed by atoms with van der Waals surface area (Å²) in [5.41, 5.74) is 0.807. The number of rotatable bonds is 1. The van der Waals surface area contributed by atoms with E-state index in [1.165, 1.54) is 24.3 Å². The van der Waals surface area contributed by atoms with E-state index in [0.29, 0.717) is 5.57 Å². The highest BCUT2D eigenvalue weighted by Crippen LogP contribution is 2.30. The van der Waals surface area contributed by atoms with Gasteiger partial charge in [0, 0.05) is 6.42 Å². The van der Waals surface area contributed by atoms with E-state index in [9.17, 15) is 13.2 Å². The first-order valence-electron chi connectivity index (χ1n) is 4.87. The molecule has 0 saturated heterocycles. The third kappa shape index (κ3) is 2.06. The number of hydrogen-bond acceptors (Lipinski definition) is 0. The Hall–Kier alpha value is -1.25. The maximum Gasteiger partial charge on any atom is 0.160 e. The molecule has 3 unspecified atom stereocenters. The van der Waals surface area contributed by atoms with E-state index in [-0.39, 0.29) is 12.0 Å². The third-order valence-electron chi connectivity index (χ3n) is 2.55. The topological polar surface area (TPSA) is 0 Å². The van der Waals surface area contributed by atoms with E-state index in [1.54, 1.807) is 12.2 Å². The second-order valence-corrected chi connectivity index (χ2v) is 3.65. The number of hydrogen-bond donors (Lipinski definition) is 0. The molecule has 0 spiro atoms. The van der Waals surface area contributed by atoms with Crippen molar-refractivity contribution >= 4 is 0 Å². The minimum absolute atomic E-state index is 0.128. The molecule has 0 N–H and O–H groups in total.